The summed E-state index contributed by atoms with van der Waals surface area (Å²) < 4.78 is 19.1. The maximum atomic E-state index is 13.0. The van der Waals surface area contributed by atoms with E-state index >= 15 is 0 Å². The molecule has 110 valence electrons. The van der Waals surface area contributed by atoms with Crippen molar-refractivity contribution >= 4 is 22.3 Å². The molecule has 0 aliphatic carbocycles. The van der Waals surface area contributed by atoms with Crippen molar-refractivity contribution in [3.63, 3.8) is 0 Å². The molecule has 0 atom stereocenters. The van der Waals surface area contributed by atoms with Crippen LogP contribution in [0.4, 0.5) is 4.39 Å². The quantitative estimate of drug-likeness (QED) is 0.694. The number of esters is 1. The number of ether oxygens (including phenoxy) is 1. The minimum absolute atomic E-state index is 0.0260. The molecule has 0 fully saturated rings. The Morgan fingerprint density at radius 3 is 2.82 bits per heavy atom. The molecule has 0 aliphatic rings. The number of imidazole rings is 1. The second-order valence-electron chi connectivity index (χ2n) is 4.25. The van der Waals surface area contributed by atoms with E-state index in [0.717, 1.165) is 0 Å². The van der Waals surface area contributed by atoms with Crippen LogP contribution in [0.1, 0.15) is 23.1 Å². The minimum atomic E-state index is -0.653. The van der Waals surface area contributed by atoms with Crippen LogP contribution in [-0.4, -0.2) is 27.2 Å². The molecule has 3 rings (SSSR count). The summed E-state index contributed by atoms with van der Waals surface area (Å²) in [6.07, 6.45) is 0. The highest BCUT2D eigenvalue weighted by Gasteiger charge is 2.23. The summed E-state index contributed by atoms with van der Waals surface area (Å²) in [6, 6.07) is 7.75. The van der Waals surface area contributed by atoms with E-state index < -0.39 is 5.97 Å². The van der Waals surface area contributed by atoms with Gasteiger partial charge in [-0.05, 0) is 31.2 Å². The van der Waals surface area contributed by atoms with Crippen LogP contribution in [0.2, 0.25) is 0 Å². The van der Waals surface area contributed by atoms with Crippen LogP contribution in [0.25, 0.3) is 15.5 Å². The maximum Gasteiger partial charge on any atom is 0.360 e. The molecule has 0 saturated carbocycles. The molecule has 0 N–H and O–H groups in total. The second kappa shape index (κ2) is 5.54. The van der Waals surface area contributed by atoms with Crippen molar-refractivity contribution in [2.24, 2.45) is 0 Å². The first-order valence-corrected chi connectivity index (χ1v) is 7.18. The molecule has 0 saturated heterocycles. The largest absolute Gasteiger partial charge is 0.461 e. The van der Waals surface area contributed by atoms with E-state index in [1.54, 1.807) is 19.1 Å². The molecule has 6 nitrogen and oxygen atoms in total. The van der Waals surface area contributed by atoms with Crippen molar-refractivity contribution < 1.29 is 13.9 Å². The summed E-state index contributed by atoms with van der Waals surface area (Å²) in [6.45, 7) is 1.87. The molecule has 2 heterocycles. The summed E-state index contributed by atoms with van der Waals surface area (Å²) in [4.78, 5) is 16.3. The molecule has 0 radical (unpaired) electrons. The molecule has 0 spiro atoms. The lowest BCUT2D eigenvalue weighted by Gasteiger charge is -1.97. The molecule has 22 heavy (non-hydrogen) atoms. The summed E-state index contributed by atoms with van der Waals surface area (Å²) in [5.74, 6) is -0.993. The van der Waals surface area contributed by atoms with Crippen LogP contribution in [0.15, 0.2) is 24.3 Å². The number of nitriles is 1. The molecule has 0 unspecified atom stereocenters. The molecule has 0 amide bonds. The van der Waals surface area contributed by atoms with Gasteiger partial charge in [-0.15, -0.1) is 0 Å². The highest BCUT2D eigenvalue weighted by atomic mass is 32.1. The Labute approximate surface area is 128 Å². The van der Waals surface area contributed by atoms with Crippen molar-refractivity contribution in [2.45, 2.75) is 6.92 Å². The van der Waals surface area contributed by atoms with Crippen LogP contribution in [0.3, 0.4) is 0 Å². The lowest BCUT2D eigenvalue weighted by atomic mass is 10.2. The lowest BCUT2D eigenvalue weighted by Crippen LogP contribution is -2.07. The first kappa shape index (κ1) is 14.2. The van der Waals surface area contributed by atoms with Gasteiger partial charge in [0.2, 0.25) is 4.96 Å². The predicted molar refractivity (Wildman–Crippen MR) is 76.9 cm³/mol. The van der Waals surface area contributed by atoms with Crippen LogP contribution in [-0.2, 0) is 4.74 Å². The monoisotopic (exact) mass is 316 g/mol. The number of rotatable bonds is 3. The van der Waals surface area contributed by atoms with Crippen molar-refractivity contribution in [1.29, 1.82) is 5.26 Å². The summed E-state index contributed by atoms with van der Waals surface area (Å²) in [5.41, 5.74) is 0.685. The zero-order chi connectivity index (χ0) is 15.7. The standard InChI is InChI=1S/C14H9FN4O2S/c1-2-21-13(20)11-10(7-16)19-14(17-11)22-12(18-19)8-3-5-9(15)6-4-8/h3-6H,2H2,1H3. The van der Waals surface area contributed by atoms with Crippen LogP contribution < -0.4 is 0 Å². The molecule has 0 aliphatic heterocycles. The first-order valence-electron chi connectivity index (χ1n) is 6.36. The number of fused-ring (bicyclic) bond motifs is 1. The third-order valence-electron chi connectivity index (χ3n) is 2.87. The number of carbonyl (C=O) groups is 1. The lowest BCUT2D eigenvalue weighted by molar-refractivity contribution is 0.0520. The first-order chi connectivity index (χ1) is 10.6. The van der Waals surface area contributed by atoms with Gasteiger partial charge in [0, 0.05) is 5.56 Å². The smallest absolute Gasteiger partial charge is 0.360 e. The van der Waals surface area contributed by atoms with Crippen LogP contribution in [0.5, 0.6) is 0 Å². The van der Waals surface area contributed by atoms with Crippen molar-refractivity contribution in [3.05, 3.63) is 41.5 Å². The van der Waals surface area contributed by atoms with E-state index in [4.69, 9.17) is 4.74 Å². The van der Waals surface area contributed by atoms with Crippen molar-refractivity contribution in [3.8, 4) is 16.6 Å². The van der Waals surface area contributed by atoms with Crippen molar-refractivity contribution in [1.82, 2.24) is 14.6 Å². The van der Waals surface area contributed by atoms with Gasteiger partial charge in [0.1, 0.15) is 16.9 Å². The molecule has 2 aromatic heterocycles. The third-order valence-corrected chi connectivity index (χ3v) is 3.83. The topological polar surface area (TPSA) is 80.3 Å². The summed E-state index contributed by atoms with van der Waals surface area (Å²) in [7, 11) is 0. The number of hydrogen-bond acceptors (Lipinski definition) is 6. The molecule has 8 heteroatoms. The Morgan fingerprint density at radius 1 is 1.45 bits per heavy atom. The van der Waals surface area contributed by atoms with E-state index in [1.165, 1.54) is 28.0 Å². The Kier molecular flexibility index (Phi) is 3.56. The average molecular weight is 316 g/mol. The van der Waals surface area contributed by atoms with Gasteiger partial charge in [0.05, 0.1) is 6.61 Å². The molecule has 1 aromatic carbocycles. The number of halogens is 1. The van der Waals surface area contributed by atoms with Gasteiger partial charge in [0.25, 0.3) is 0 Å². The highest BCUT2D eigenvalue weighted by Crippen LogP contribution is 2.27. The zero-order valence-corrected chi connectivity index (χ0v) is 12.2. The van der Waals surface area contributed by atoms with Gasteiger partial charge in [-0.1, -0.05) is 11.3 Å². The van der Waals surface area contributed by atoms with Gasteiger partial charge in [-0.2, -0.15) is 14.9 Å². The van der Waals surface area contributed by atoms with Crippen LogP contribution in [0, 0.1) is 17.1 Å². The van der Waals surface area contributed by atoms with E-state index in [1.807, 2.05) is 6.07 Å². The number of benzene rings is 1. The Bertz CT molecular complexity index is 892. The van der Waals surface area contributed by atoms with Crippen molar-refractivity contribution in [2.75, 3.05) is 6.61 Å². The average Bonchev–Trinajstić information content (AvgIpc) is 3.05. The van der Waals surface area contributed by atoms with E-state index in [0.29, 0.717) is 15.5 Å². The Morgan fingerprint density at radius 2 is 2.18 bits per heavy atom. The van der Waals surface area contributed by atoms with Gasteiger partial charge < -0.3 is 4.74 Å². The fourth-order valence-electron chi connectivity index (χ4n) is 1.90. The number of hydrogen-bond donors (Lipinski definition) is 0. The Hall–Kier alpha value is -2.79. The van der Waals surface area contributed by atoms with Gasteiger partial charge in [-0.3, -0.25) is 0 Å². The normalized spacial score (nSPS) is 10.6. The van der Waals surface area contributed by atoms with Gasteiger partial charge in [0.15, 0.2) is 11.4 Å². The van der Waals surface area contributed by atoms with Gasteiger partial charge in [-0.25, -0.2) is 14.2 Å². The third kappa shape index (κ3) is 2.31. The number of carbonyl (C=O) groups excluding carboxylic acids is 1. The SMILES string of the molecule is CCOC(=O)c1nc2sc(-c3ccc(F)cc3)nn2c1C#N. The van der Waals surface area contributed by atoms with E-state index in [-0.39, 0.29) is 23.8 Å². The molecular weight excluding hydrogens is 307 g/mol. The minimum Gasteiger partial charge on any atom is -0.461 e. The summed E-state index contributed by atoms with van der Waals surface area (Å²) >= 11 is 1.20. The fourth-order valence-corrected chi connectivity index (χ4v) is 2.80. The summed E-state index contributed by atoms with van der Waals surface area (Å²) in [5, 5.41) is 14.1. The fraction of sp³-hybridized carbons (Fsp3) is 0.143. The predicted octanol–water partition coefficient (Wildman–Crippen LogP) is 2.65. The Balaban J connectivity index is 2.08. The van der Waals surface area contributed by atoms with E-state index in [9.17, 15) is 14.4 Å². The van der Waals surface area contributed by atoms with Crippen LogP contribution >= 0.6 is 11.3 Å². The molecule has 0 bridgehead atoms. The van der Waals surface area contributed by atoms with Gasteiger partial charge >= 0.3 is 5.97 Å². The molecular formula is C14H9FN4O2S. The zero-order valence-electron chi connectivity index (χ0n) is 11.4. The maximum absolute atomic E-state index is 13.0. The second-order valence-corrected chi connectivity index (χ2v) is 5.21. The molecule has 3 aromatic rings. The van der Waals surface area contributed by atoms with E-state index in [2.05, 4.69) is 10.1 Å². The number of nitrogens with zero attached hydrogens (tertiary/aromatic N) is 4. The highest BCUT2D eigenvalue weighted by molar-refractivity contribution is 7.19. The number of aromatic nitrogens is 3.